The molecule has 0 N–H and O–H groups in total. The van der Waals surface area contributed by atoms with Gasteiger partial charge in [-0.15, -0.1) is 0 Å². The molecule has 0 spiro atoms. The Bertz CT molecular complexity index is 855. The van der Waals surface area contributed by atoms with E-state index in [1.165, 1.54) is 0 Å². The molecule has 3 aromatic rings. The Morgan fingerprint density at radius 2 is 1.52 bits per heavy atom. The molecule has 25 heavy (non-hydrogen) atoms. The van der Waals surface area contributed by atoms with Crippen molar-refractivity contribution in [3.63, 3.8) is 0 Å². The van der Waals surface area contributed by atoms with Gasteiger partial charge in [-0.3, -0.25) is 9.78 Å². The number of benzene rings is 2. The van der Waals surface area contributed by atoms with Crippen molar-refractivity contribution in [2.75, 3.05) is 7.11 Å². The standard InChI is InChI=1S/C22H21NO2/c1-16-11-18(15-22(12-16)25-2)14-21(24)13-17-3-5-19(6-4-17)20-7-9-23-10-8-20/h3-12,15H,13-14H2,1-2H3. The van der Waals surface area contributed by atoms with Gasteiger partial charge >= 0.3 is 0 Å². The molecule has 0 unspecified atom stereocenters. The number of carbonyl (C=O) groups is 1. The van der Waals surface area contributed by atoms with Crippen molar-refractivity contribution in [2.24, 2.45) is 0 Å². The van der Waals surface area contributed by atoms with Crippen LogP contribution in [0, 0.1) is 6.92 Å². The summed E-state index contributed by atoms with van der Waals surface area (Å²) in [5.74, 6) is 0.994. The number of aromatic nitrogens is 1. The van der Waals surface area contributed by atoms with E-state index >= 15 is 0 Å². The number of ether oxygens (including phenoxy) is 1. The molecule has 3 heteroatoms. The van der Waals surface area contributed by atoms with Crippen molar-refractivity contribution in [1.29, 1.82) is 0 Å². The topological polar surface area (TPSA) is 39.2 Å². The van der Waals surface area contributed by atoms with Crippen molar-refractivity contribution in [2.45, 2.75) is 19.8 Å². The van der Waals surface area contributed by atoms with Crippen molar-refractivity contribution >= 4 is 5.78 Å². The van der Waals surface area contributed by atoms with E-state index in [2.05, 4.69) is 4.98 Å². The lowest BCUT2D eigenvalue weighted by molar-refractivity contribution is -0.117. The predicted octanol–water partition coefficient (Wildman–Crippen LogP) is 4.42. The average molecular weight is 331 g/mol. The summed E-state index contributed by atoms with van der Waals surface area (Å²) in [4.78, 5) is 16.4. The predicted molar refractivity (Wildman–Crippen MR) is 99.8 cm³/mol. The number of carbonyl (C=O) groups excluding carboxylic acids is 1. The van der Waals surface area contributed by atoms with Crippen molar-refractivity contribution < 1.29 is 9.53 Å². The minimum absolute atomic E-state index is 0.198. The summed E-state index contributed by atoms with van der Waals surface area (Å²) in [6, 6.07) is 18.0. The van der Waals surface area contributed by atoms with E-state index in [1.807, 2.05) is 61.5 Å². The fourth-order valence-corrected chi connectivity index (χ4v) is 2.92. The number of rotatable bonds is 6. The maximum absolute atomic E-state index is 12.4. The molecule has 0 saturated heterocycles. The number of pyridine rings is 1. The Kier molecular flexibility index (Phi) is 5.24. The highest BCUT2D eigenvalue weighted by Gasteiger charge is 2.08. The fraction of sp³-hybridized carbons (Fsp3) is 0.182. The average Bonchev–Trinajstić information content (AvgIpc) is 2.62. The minimum atomic E-state index is 0.198. The number of nitrogens with zero attached hydrogens (tertiary/aromatic N) is 1. The normalized spacial score (nSPS) is 10.5. The second kappa shape index (κ2) is 7.75. The molecule has 1 heterocycles. The zero-order chi connectivity index (χ0) is 17.6. The number of hydrogen-bond acceptors (Lipinski definition) is 3. The van der Waals surface area contributed by atoms with Crippen LogP contribution in [0.1, 0.15) is 16.7 Å². The molecule has 0 atom stereocenters. The van der Waals surface area contributed by atoms with Crippen LogP contribution >= 0.6 is 0 Å². The molecule has 2 aromatic carbocycles. The number of methoxy groups -OCH3 is 1. The third kappa shape index (κ3) is 4.54. The highest BCUT2D eigenvalue weighted by atomic mass is 16.5. The smallest absolute Gasteiger partial charge is 0.141 e. The van der Waals surface area contributed by atoms with E-state index in [4.69, 9.17) is 4.74 Å². The molecule has 0 amide bonds. The molecular formula is C22H21NO2. The van der Waals surface area contributed by atoms with Gasteiger partial charge in [0.15, 0.2) is 0 Å². The molecule has 1 aromatic heterocycles. The summed E-state index contributed by atoms with van der Waals surface area (Å²) < 4.78 is 5.27. The molecule has 0 bridgehead atoms. The van der Waals surface area contributed by atoms with Gasteiger partial charge in [-0.25, -0.2) is 0 Å². The van der Waals surface area contributed by atoms with E-state index in [0.717, 1.165) is 33.6 Å². The van der Waals surface area contributed by atoms with Gasteiger partial charge in [0.25, 0.3) is 0 Å². The van der Waals surface area contributed by atoms with Gasteiger partial charge in [-0.2, -0.15) is 0 Å². The monoisotopic (exact) mass is 331 g/mol. The van der Waals surface area contributed by atoms with Gasteiger partial charge in [0, 0.05) is 25.2 Å². The molecule has 0 aliphatic heterocycles. The van der Waals surface area contributed by atoms with E-state index in [0.29, 0.717) is 12.8 Å². The maximum Gasteiger partial charge on any atom is 0.141 e. The molecule has 126 valence electrons. The summed E-state index contributed by atoms with van der Waals surface area (Å²) in [7, 11) is 1.64. The molecular weight excluding hydrogens is 310 g/mol. The van der Waals surface area contributed by atoms with Gasteiger partial charge in [-0.05, 0) is 59.0 Å². The summed E-state index contributed by atoms with van der Waals surface area (Å²) in [5.41, 5.74) is 5.38. The second-order valence-electron chi connectivity index (χ2n) is 6.18. The van der Waals surface area contributed by atoms with Crippen LogP contribution in [0.2, 0.25) is 0 Å². The van der Waals surface area contributed by atoms with Gasteiger partial charge in [0.2, 0.25) is 0 Å². The third-order valence-electron chi connectivity index (χ3n) is 4.12. The summed E-state index contributed by atoms with van der Waals surface area (Å²) in [6.45, 7) is 2.01. The maximum atomic E-state index is 12.4. The zero-order valence-electron chi connectivity index (χ0n) is 14.5. The van der Waals surface area contributed by atoms with E-state index in [9.17, 15) is 4.79 Å². The van der Waals surface area contributed by atoms with Crippen LogP contribution in [0.3, 0.4) is 0 Å². The van der Waals surface area contributed by atoms with E-state index in [1.54, 1.807) is 19.5 Å². The lowest BCUT2D eigenvalue weighted by Crippen LogP contribution is -2.07. The first-order valence-corrected chi connectivity index (χ1v) is 8.29. The number of aryl methyl sites for hydroxylation is 1. The SMILES string of the molecule is COc1cc(C)cc(CC(=O)Cc2ccc(-c3ccncc3)cc2)c1. The first-order chi connectivity index (χ1) is 12.1. The number of Topliss-reactive ketones (excluding diaryl/α,β-unsaturated/α-hetero) is 1. The summed E-state index contributed by atoms with van der Waals surface area (Å²) >= 11 is 0. The van der Waals surface area contributed by atoms with Gasteiger partial charge in [0.1, 0.15) is 11.5 Å². The van der Waals surface area contributed by atoms with Crippen LogP contribution in [0.4, 0.5) is 0 Å². The molecule has 0 aliphatic rings. The summed E-state index contributed by atoms with van der Waals surface area (Å²) in [6.07, 6.45) is 4.42. The molecule has 0 radical (unpaired) electrons. The third-order valence-corrected chi connectivity index (χ3v) is 4.12. The summed E-state index contributed by atoms with van der Waals surface area (Å²) in [5, 5.41) is 0. The Morgan fingerprint density at radius 3 is 2.20 bits per heavy atom. The van der Waals surface area contributed by atoms with Crippen LogP contribution in [0.25, 0.3) is 11.1 Å². The van der Waals surface area contributed by atoms with Crippen LogP contribution < -0.4 is 4.74 Å². The Labute approximate surface area is 148 Å². The largest absolute Gasteiger partial charge is 0.497 e. The van der Waals surface area contributed by atoms with Gasteiger partial charge < -0.3 is 4.74 Å². The van der Waals surface area contributed by atoms with Crippen LogP contribution in [-0.4, -0.2) is 17.9 Å². The Hall–Kier alpha value is -2.94. The van der Waals surface area contributed by atoms with Crippen LogP contribution in [0.5, 0.6) is 5.75 Å². The quantitative estimate of drug-likeness (QED) is 0.671. The highest BCUT2D eigenvalue weighted by molar-refractivity contribution is 5.83. The second-order valence-corrected chi connectivity index (χ2v) is 6.18. The van der Waals surface area contributed by atoms with Crippen molar-refractivity contribution in [1.82, 2.24) is 4.98 Å². The molecule has 0 aliphatic carbocycles. The van der Waals surface area contributed by atoms with E-state index < -0.39 is 0 Å². The molecule has 0 fully saturated rings. The number of hydrogen-bond donors (Lipinski definition) is 0. The lowest BCUT2D eigenvalue weighted by Gasteiger charge is -2.07. The molecule has 3 nitrogen and oxygen atoms in total. The number of ketones is 1. The molecule has 0 saturated carbocycles. The van der Waals surface area contributed by atoms with Crippen molar-refractivity contribution in [3.8, 4) is 16.9 Å². The van der Waals surface area contributed by atoms with Crippen molar-refractivity contribution in [3.05, 3.63) is 83.7 Å². The minimum Gasteiger partial charge on any atom is -0.497 e. The van der Waals surface area contributed by atoms with Gasteiger partial charge in [0.05, 0.1) is 7.11 Å². The first kappa shape index (κ1) is 16.9. The fourth-order valence-electron chi connectivity index (χ4n) is 2.92. The zero-order valence-corrected chi connectivity index (χ0v) is 14.5. The lowest BCUT2D eigenvalue weighted by atomic mass is 9.99. The first-order valence-electron chi connectivity index (χ1n) is 8.29. The molecule has 3 rings (SSSR count). The highest BCUT2D eigenvalue weighted by Crippen LogP contribution is 2.20. The Morgan fingerprint density at radius 1 is 0.880 bits per heavy atom. The van der Waals surface area contributed by atoms with Crippen LogP contribution in [0.15, 0.2) is 67.0 Å². The van der Waals surface area contributed by atoms with Crippen LogP contribution in [-0.2, 0) is 17.6 Å². The Balaban J connectivity index is 1.66. The van der Waals surface area contributed by atoms with E-state index in [-0.39, 0.29) is 5.78 Å². The van der Waals surface area contributed by atoms with Gasteiger partial charge in [-0.1, -0.05) is 30.3 Å².